The van der Waals surface area contributed by atoms with Gasteiger partial charge in [0.05, 0.1) is 5.69 Å². The predicted octanol–water partition coefficient (Wildman–Crippen LogP) is 6.41. The molecule has 1 aliphatic heterocycles. The van der Waals surface area contributed by atoms with Crippen molar-refractivity contribution in [3.8, 4) is 0 Å². The van der Waals surface area contributed by atoms with Crippen LogP contribution in [0.3, 0.4) is 0 Å². The van der Waals surface area contributed by atoms with Crippen molar-refractivity contribution in [2.75, 3.05) is 18.0 Å². The van der Waals surface area contributed by atoms with Crippen molar-refractivity contribution in [2.24, 2.45) is 0 Å². The number of amides is 1. The van der Waals surface area contributed by atoms with Crippen molar-refractivity contribution in [3.05, 3.63) is 65.9 Å². The molecule has 5 rings (SSSR count). The second-order valence-electron chi connectivity index (χ2n) is 10.9. The van der Waals surface area contributed by atoms with Gasteiger partial charge in [-0.05, 0) is 36.5 Å². The number of hydrogen-bond acceptors (Lipinski definition) is 2. The molecule has 0 saturated heterocycles. The van der Waals surface area contributed by atoms with Gasteiger partial charge in [-0.25, -0.2) is 0 Å². The first-order valence-electron chi connectivity index (χ1n) is 12.6. The molecule has 1 saturated carbocycles. The fourth-order valence-electron chi connectivity index (χ4n) is 6.58. The van der Waals surface area contributed by atoms with E-state index in [0.29, 0.717) is 0 Å². The van der Waals surface area contributed by atoms with Gasteiger partial charge in [0.1, 0.15) is 0 Å². The smallest absolute Gasteiger partial charge is 0.224 e. The van der Waals surface area contributed by atoms with Gasteiger partial charge in [0, 0.05) is 54.6 Å². The molecule has 1 amide bonds. The number of carbonyl (C=O) groups is 1. The number of rotatable bonds is 5. The minimum atomic E-state index is -0.115. The zero-order valence-electron chi connectivity index (χ0n) is 20.4. The predicted molar refractivity (Wildman–Crippen MR) is 137 cm³/mol. The van der Waals surface area contributed by atoms with Gasteiger partial charge in [-0.2, -0.15) is 0 Å². The highest BCUT2D eigenvalue weighted by Crippen LogP contribution is 2.43. The summed E-state index contributed by atoms with van der Waals surface area (Å²) >= 11 is 0. The monoisotopic (exact) mass is 443 g/mol. The lowest BCUT2D eigenvalue weighted by Gasteiger charge is -2.48. The maximum atomic E-state index is 13.2. The summed E-state index contributed by atoms with van der Waals surface area (Å²) in [5.41, 5.74) is 5.11. The summed E-state index contributed by atoms with van der Waals surface area (Å²) in [5.74, 6) is 0.158. The van der Waals surface area contributed by atoms with Crippen LogP contribution in [0.15, 0.2) is 54.7 Å². The van der Waals surface area contributed by atoms with Gasteiger partial charge in [-0.1, -0.05) is 75.6 Å². The van der Waals surface area contributed by atoms with Gasteiger partial charge in [-0.15, -0.1) is 0 Å². The topological polar surface area (TPSA) is 39.3 Å². The van der Waals surface area contributed by atoms with Crippen LogP contribution in [-0.2, 0) is 16.8 Å². The van der Waals surface area contributed by atoms with Gasteiger partial charge >= 0.3 is 0 Å². The lowest BCUT2D eigenvalue weighted by Crippen LogP contribution is -2.55. The van der Waals surface area contributed by atoms with Gasteiger partial charge in [-0.3, -0.25) is 9.69 Å². The van der Waals surface area contributed by atoms with Crippen LogP contribution >= 0.6 is 0 Å². The molecule has 2 aromatic carbocycles. The highest BCUT2D eigenvalue weighted by Gasteiger charge is 2.42. The Kier molecular flexibility index (Phi) is 5.82. The van der Waals surface area contributed by atoms with E-state index in [4.69, 9.17) is 0 Å². The van der Waals surface area contributed by atoms with Crippen LogP contribution in [0.5, 0.6) is 0 Å². The Morgan fingerprint density at radius 1 is 1.03 bits per heavy atom. The van der Waals surface area contributed by atoms with Crippen molar-refractivity contribution in [3.63, 3.8) is 0 Å². The number of H-pyrrole nitrogens is 1. The van der Waals surface area contributed by atoms with Gasteiger partial charge < -0.3 is 9.88 Å². The summed E-state index contributed by atoms with van der Waals surface area (Å²) in [6.07, 6.45) is 8.89. The van der Waals surface area contributed by atoms with Crippen LogP contribution in [-0.4, -0.2) is 34.4 Å². The van der Waals surface area contributed by atoms with Gasteiger partial charge in [0.2, 0.25) is 5.91 Å². The Bertz CT molecular complexity index is 1140. The van der Waals surface area contributed by atoms with Crippen LogP contribution < -0.4 is 4.90 Å². The maximum Gasteiger partial charge on any atom is 0.224 e. The third-order valence-electron chi connectivity index (χ3n) is 8.03. The lowest BCUT2D eigenvalue weighted by molar-refractivity contribution is -0.118. The Morgan fingerprint density at radius 2 is 1.76 bits per heavy atom. The van der Waals surface area contributed by atoms with E-state index in [1.165, 1.54) is 30.4 Å². The van der Waals surface area contributed by atoms with E-state index in [0.717, 1.165) is 55.5 Å². The van der Waals surface area contributed by atoms with Gasteiger partial charge in [0.15, 0.2) is 0 Å². The first-order valence-corrected chi connectivity index (χ1v) is 12.6. The standard InChI is InChI=1S/C29H37N3O/c1-22(33)32(27-19-30-26-14-8-6-12-24(26)27)29(15-9-4-10-16-29)17-18-31-20-23-11-5-7-13-25(23)28(2,3)21-31/h5-8,11-14,19,30H,4,9-10,15-18,20-21H2,1-3H3. The van der Waals surface area contributed by atoms with Crippen molar-refractivity contribution in [1.29, 1.82) is 0 Å². The van der Waals surface area contributed by atoms with Crippen molar-refractivity contribution < 1.29 is 4.79 Å². The molecule has 0 unspecified atom stereocenters. The number of aromatic amines is 1. The molecular weight excluding hydrogens is 406 g/mol. The quantitative estimate of drug-likeness (QED) is 0.495. The number of anilines is 1. The fraction of sp³-hybridized carbons (Fsp3) is 0.483. The molecule has 1 fully saturated rings. The molecule has 4 heteroatoms. The van der Waals surface area contributed by atoms with E-state index in [1.54, 1.807) is 6.92 Å². The van der Waals surface area contributed by atoms with Gasteiger partial charge in [0.25, 0.3) is 0 Å². The van der Waals surface area contributed by atoms with E-state index < -0.39 is 0 Å². The Morgan fingerprint density at radius 3 is 2.55 bits per heavy atom. The molecule has 1 N–H and O–H groups in total. The maximum absolute atomic E-state index is 13.2. The number of para-hydroxylation sites is 1. The van der Waals surface area contributed by atoms with E-state index in [2.05, 4.69) is 71.1 Å². The molecule has 174 valence electrons. The van der Waals surface area contributed by atoms with Crippen LogP contribution in [0.4, 0.5) is 5.69 Å². The van der Waals surface area contributed by atoms with E-state index in [9.17, 15) is 4.79 Å². The minimum Gasteiger partial charge on any atom is -0.359 e. The lowest BCUT2D eigenvalue weighted by atomic mass is 9.76. The van der Waals surface area contributed by atoms with Crippen molar-refractivity contribution >= 4 is 22.5 Å². The SMILES string of the molecule is CC(=O)N(c1c[nH]c2ccccc12)C1(CCN2Cc3ccccc3C(C)(C)C2)CCCCC1. The summed E-state index contributed by atoms with van der Waals surface area (Å²) in [7, 11) is 0. The van der Waals surface area contributed by atoms with Crippen LogP contribution in [0.2, 0.25) is 0 Å². The summed E-state index contributed by atoms with van der Waals surface area (Å²) in [4.78, 5) is 21.4. The average molecular weight is 444 g/mol. The van der Waals surface area contributed by atoms with E-state index in [-0.39, 0.29) is 16.9 Å². The second-order valence-corrected chi connectivity index (χ2v) is 10.9. The van der Waals surface area contributed by atoms with Crippen molar-refractivity contribution in [2.45, 2.75) is 76.8 Å². The first-order chi connectivity index (χ1) is 15.9. The molecule has 1 aliphatic carbocycles. The zero-order chi connectivity index (χ0) is 23.1. The molecule has 2 heterocycles. The summed E-state index contributed by atoms with van der Waals surface area (Å²) < 4.78 is 0. The highest BCUT2D eigenvalue weighted by atomic mass is 16.2. The molecule has 0 atom stereocenters. The summed E-state index contributed by atoms with van der Waals surface area (Å²) in [5, 5.41) is 1.14. The fourth-order valence-corrected chi connectivity index (χ4v) is 6.58. The summed E-state index contributed by atoms with van der Waals surface area (Å²) in [6, 6.07) is 17.3. The normalized spacial score (nSPS) is 19.8. The molecule has 1 aromatic heterocycles. The number of fused-ring (bicyclic) bond motifs is 2. The molecule has 0 spiro atoms. The molecule has 33 heavy (non-hydrogen) atoms. The molecule has 4 nitrogen and oxygen atoms in total. The number of aromatic nitrogens is 1. The molecule has 0 bridgehead atoms. The molecule has 0 radical (unpaired) electrons. The van der Waals surface area contributed by atoms with E-state index >= 15 is 0 Å². The third-order valence-corrected chi connectivity index (χ3v) is 8.03. The number of benzene rings is 2. The zero-order valence-corrected chi connectivity index (χ0v) is 20.4. The molecule has 3 aromatic rings. The Hall–Kier alpha value is -2.59. The largest absolute Gasteiger partial charge is 0.359 e. The van der Waals surface area contributed by atoms with Crippen molar-refractivity contribution in [1.82, 2.24) is 9.88 Å². The van der Waals surface area contributed by atoms with Crippen LogP contribution in [0, 0.1) is 0 Å². The minimum absolute atomic E-state index is 0.115. The summed E-state index contributed by atoms with van der Waals surface area (Å²) in [6.45, 7) is 9.56. The Balaban J connectivity index is 1.45. The number of nitrogens with zero attached hydrogens (tertiary/aromatic N) is 2. The van der Waals surface area contributed by atoms with E-state index in [1.807, 2.05) is 12.3 Å². The Labute approximate surface area is 198 Å². The molecule has 2 aliphatic rings. The van der Waals surface area contributed by atoms with Crippen LogP contribution in [0.25, 0.3) is 10.9 Å². The third kappa shape index (κ3) is 4.10. The van der Waals surface area contributed by atoms with Crippen LogP contribution in [0.1, 0.15) is 70.4 Å². The average Bonchev–Trinajstić information content (AvgIpc) is 3.22. The first kappa shape index (κ1) is 22.2. The molecular formula is C29H37N3O. The second kappa shape index (κ2) is 8.64. The highest BCUT2D eigenvalue weighted by molar-refractivity contribution is 6.03. The number of nitrogens with one attached hydrogen (secondary N) is 1. The number of hydrogen-bond donors (Lipinski definition) is 1. The number of carbonyl (C=O) groups excluding carboxylic acids is 1.